The van der Waals surface area contributed by atoms with Crippen LogP contribution in [0.15, 0.2) is 23.1 Å². The number of rotatable bonds is 4. The number of nitrogens with two attached hydrogens (primary N) is 1. The minimum Gasteiger partial charge on any atom is -0.398 e. The summed E-state index contributed by atoms with van der Waals surface area (Å²) in [6, 6.07) is 4.99. The summed E-state index contributed by atoms with van der Waals surface area (Å²) in [4.78, 5) is 0.191. The number of benzene rings is 1. The molecule has 1 atom stereocenters. The van der Waals surface area contributed by atoms with Crippen LogP contribution in [0.1, 0.15) is 12.5 Å². The third-order valence-electron chi connectivity index (χ3n) is 2.36. The van der Waals surface area contributed by atoms with Crippen LogP contribution in [-0.4, -0.2) is 27.4 Å². The summed E-state index contributed by atoms with van der Waals surface area (Å²) in [6.07, 6.45) is -0.343. The van der Waals surface area contributed by atoms with Gasteiger partial charge in [0, 0.05) is 7.11 Å². The summed E-state index contributed by atoms with van der Waals surface area (Å²) in [7, 11) is -1.89. The average Bonchev–Trinajstić information content (AvgIpc) is 2.20. The number of aryl methyl sites for hydroxylation is 1. The second-order valence-corrected chi connectivity index (χ2v) is 5.87. The summed E-state index contributed by atoms with van der Waals surface area (Å²) in [5.41, 5.74) is 6.83. The lowest BCUT2D eigenvalue weighted by molar-refractivity contribution is 0.136. The second-order valence-electron chi connectivity index (χ2n) is 3.87. The van der Waals surface area contributed by atoms with Gasteiger partial charge in [-0.25, -0.2) is 8.42 Å². The van der Waals surface area contributed by atoms with Crippen LogP contribution < -0.4 is 5.73 Å². The average molecular weight is 243 g/mol. The highest BCUT2D eigenvalue weighted by atomic mass is 32.2. The van der Waals surface area contributed by atoms with Crippen molar-refractivity contribution in [1.29, 1.82) is 0 Å². The highest BCUT2D eigenvalue weighted by Gasteiger charge is 2.20. The van der Waals surface area contributed by atoms with Gasteiger partial charge < -0.3 is 10.5 Å². The molecule has 1 aromatic carbocycles. The van der Waals surface area contributed by atoms with Gasteiger partial charge in [-0.3, -0.25) is 0 Å². The van der Waals surface area contributed by atoms with E-state index in [1.54, 1.807) is 25.1 Å². The molecule has 90 valence electrons. The summed E-state index contributed by atoms with van der Waals surface area (Å²) in [6.45, 7) is 3.54. The van der Waals surface area contributed by atoms with E-state index in [4.69, 9.17) is 10.5 Å². The second kappa shape index (κ2) is 4.84. The van der Waals surface area contributed by atoms with E-state index in [2.05, 4.69) is 0 Å². The molecule has 0 aromatic heterocycles. The minimum atomic E-state index is -3.37. The maximum absolute atomic E-state index is 12.0. The fourth-order valence-electron chi connectivity index (χ4n) is 1.38. The lowest BCUT2D eigenvalue weighted by Crippen LogP contribution is -2.20. The SMILES string of the molecule is COC(C)CS(=O)(=O)c1cc(C)ccc1N. The molecular formula is C11H17NO3S. The van der Waals surface area contributed by atoms with Crippen molar-refractivity contribution in [2.24, 2.45) is 0 Å². The quantitative estimate of drug-likeness (QED) is 0.811. The third-order valence-corrected chi connectivity index (χ3v) is 4.29. The molecular weight excluding hydrogens is 226 g/mol. The predicted molar refractivity (Wildman–Crippen MR) is 64.1 cm³/mol. The standard InChI is InChI=1S/C11H17NO3S/c1-8-4-5-10(12)11(6-8)16(13,14)7-9(2)15-3/h4-6,9H,7,12H2,1-3H3. The number of ether oxygens (including phenoxy) is 1. The van der Waals surface area contributed by atoms with Crippen molar-refractivity contribution < 1.29 is 13.2 Å². The van der Waals surface area contributed by atoms with Crippen molar-refractivity contribution in [1.82, 2.24) is 0 Å². The molecule has 5 heteroatoms. The zero-order valence-electron chi connectivity index (χ0n) is 9.73. The number of nitrogen functional groups attached to an aromatic ring is 1. The molecule has 1 rings (SSSR count). The van der Waals surface area contributed by atoms with Crippen molar-refractivity contribution in [2.45, 2.75) is 24.8 Å². The number of anilines is 1. The van der Waals surface area contributed by atoms with E-state index in [1.165, 1.54) is 7.11 Å². The zero-order chi connectivity index (χ0) is 12.3. The smallest absolute Gasteiger partial charge is 0.182 e. The molecule has 1 unspecified atom stereocenters. The Morgan fingerprint density at radius 2 is 2.06 bits per heavy atom. The van der Waals surface area contributed by atoms with Crippen LogP contribution in [0.2, 0.25) is 0 Å². The van der Waals surface area contributed by atoms with Gasteiger partial charge in [-0.15, -0.1) is 0 Å². The van der Waals surface area contributed by atoms with E-state index < -0.39 is 9.84 Å². The van der Waals surface area contributed by atoms with E-state index in [-0.39, 0.29) is 22.4 Å². The van der Waals surface area contributed by atoms with Crippen LogP contribution >= 0.6 is 0 Å². The predicted octanol–water partition coefficient (Wildman–Crippen LogP) is 1.39. The first-order valence-corrected chi connectivity index (χ1v) is 6.63. The molecule has 0 bridgehead atoms. The molecule has 0 spiro atoms. The van der Waals surface area contributed by atoms with Crippen LogP contribution in [0, 0.1) is 6.92 Å². The molecule has 0 aliphatic carbocycles. The van der Waals surface area contributed by atoms with Crippen LogP contribution in [0.3, 0.4) is 0 Å². The Balaban J connectivity index is 3.12. The number of hydrogen-bond donors (Lipinski definition) is 1. The Bertz CT molecular complexity index is 468. The van der Waals surface area contributed by atoms with Gasteiger partial charge in [-0.1, -0.05) is 6.07 Å². The first kappa shape index (κ1) is 13.0. The van der Waals surface area contributed by atoms with Gasteiger partial charge in [0.15, 0.2) is 9.84 Å². The monoisotopic (exact) mass is 243 g/mol. The lowest BCUT2D eigenvalue weighted by Gasteiger charge is -2.12. The number of sulfone groups is 1. The minimum absolute atomic E-state index is 0.0584. The van der Waals surface area contributed by atoms with Gasteiger partial charge in [0.25, 0.3) is 0 Å². The molecule has 0 amide bonds. The molecule has 0 saturated carbocycles. The Morgan fingerprint density at radius 1 is 1.44 bits per heavy atom. The molecule has 0 heterocycles. The van der Waals surface area contributed by atoms with Crippen molar-refractivity contribution in [3.63, 3.8) is 0 Å². The van der Waals surface area contributed by atoms with E-state index in [0.29, 0.717) is 0 Å². The van der Waals surface area contributed by atoms with Crippen LogP contribution in [0.25, 0.3) is 0 Å². The molecule has 0 fully saturated rings. The molecule has 0 radical (unpaired) electrons. The van der Waals surface area contributed by atoms with Crippen molar-refractivity contribution in [3.05, 3.63) is 23.8 Å². The first-order chi connectivity index (χ1) is 7.36. The van der Waals surface area contributed by atoms with Crippen molar-refractivity contribution in [2.75, 3.05) is 18.6 Å². The summed E-state index contributed by atoms with van der Waals surface area (Å²) < 4.78 is 29.0. The first-order valence-electron chi connectivity index (χ1n) is 4.98. The van der Waals surface area contributed by atoms with E-state index in [9.17, 15) is 8.42 Å². The molecule has 1 aromatic rings. The molecule has 2 N–H and O–H groups in total. The van der Waals surface area contributed by atoms with Crippen molar-refractivity contribution in [3.8, 4) is 0 Å². The number of hydrogen-bond acceptors (Lipinski definition) is 4. The summed E-state index contributed by atoms with van der Waals surface area (Å²) in [5, 5.41) is 0. The maximum atomic E-state index is 12.0. The topological polar surface area (TPSA) is 69.4 Å². The van der Waals surface area contributed by atoms with E-state index in [0.717, 1.165) is 5.56 Å². The lowest BCUT2D eigenvalue weighted by atomic mass is 10.2. The van der Waals surface area contributed by atoms with Gasteiger partial charge in [-0.2, -0.15) is 0 Å². The van der Waals surface area contributed by atoms with Crippen LogP contribution in [-0.2, 0) is 14.6 Å². The van der Waals surface area contributed by atoms with Gasteiger partial charge in [0.05, 0.1) is 22.4 Å². The fourth-order valence-corrected chi connectivity index (χ4v) is 3.10. The Hall–Kier alpha value is -1.07. The van der Waals surface area contributed by atoms with Crippen molar-refractivity contribution >= 4 is 15.5 Å². The van der Waals surface area contributed by atoms with E-state index in [1.807, 2.05) is 6.92 Å². The van der Waals surface area contributed by atoms with Gasteiger partial charge in [0.1, 0.15) is 0 Å². The highest BCUT2D eigenvalue weighted by molar-refractivity contribution is 7.91. The van der Waals surface area contributed by atoms with Crippen LogP contribution in [0.5, 0.6) is 0 Å². The molecule has 0 aliphatic heterocycles. The van der Waals surface area contributed by atoms with E-state index >= 15 is 0 Å². The van der Waals surface area contributed by atoms with Gasteiger partial charge in [0.2, 0.25) is 0 Å². The normalized spacial score (nSPS) is 13.7. The molecule has 4 nitrogen and oxygen atoms in total. The Morgan fingerprint density at radius 3 is 2.62 bits per heavy atom. The van der Waals surface area contributed by atoms with Crippen LogP contribution in [0.4, 0.5) is 5.69 Å². The number of methoxy groups -OCH3 is 1. The zero-order valence-corrected chi connectivity index (χ0v) is 10.5. The van der Waals surface area contributed by atoms with Gasteiger partial charge in [-0.05, 0) is 31.5 Å². The Kier molecular flexibility index (Phi) is 3.93. The summed E-state index contributed by atoms with van der Waals surface area (Å²) in [5.74, 6) is -0.0584. The van der Waals surface area contributed by atoms with Gasteiger partial charge >= 0.3 is 0 Å². The maximum Gasteiger partial charge on any atom is 0.182 e. The Labute approximate surface area is 96.3 Å². The fraction of sp³-hybridized carbons (Fsp3) is 0.455. The molecule has 16 heavy (non-hydrogen) atoms. The molecule has 0 saturated heterocycles. The molecule has 0 aliphatic rings. The highest BCUT2D eigenvalue weighted by Crippen LogP contribution is 2.21. The summed E-state index contributed by atoms with van der Waals surface area (Å²) >= 11 is 0. The largest absolute Gasteiger partial charge is 0.398 e. The third kappa shape index (κ3) is 2.96.